The molecule has 2 aliphatic rings. The van der Waals surface area contributed by atoms with Gasteiger partial charge in [-0.1, -0.05) is 0 Å². The number of carbonyl (C=O) groups is 1. The van der Waals surface area contributed by atoms with Gasteiger partial charge in [0.1, 0.15) is 17.4 Å². The van der Waals surface area contributed by atoms with Crippen LogP contribution in [-0.4, -0.2) is 33.4 Å². The summed E-state index contributed by atoms with van der Waals surface area (Å²) < 4.78 is 13.3. The number of halogens is 1. The van der Waals surface area contributed by atoms with E-state index in [0.29, 0.717) is 31.3 Å². The van der Waals surface area contributed by atoms with Crippen molar-refractivity contribution in [1.82, 2.24) is 20.2 Å². The molecule has 0 amide bonds. The van der Waals surface area contributed by atoms with Gasteiger partial charge in [-0.15, -0.1) is 0 Å². The SMILES string of the molecule is Cc1ncc(C2=C(c3ccc(F)cc3)NCN2C2CCC(=O)CC2)cn1. The van der Waals surface area contributed by atoms with Crippen LogP contribution in [0.4, 0.5) is 4.39 Å². The fraction of sp³-hybridized carbons (Fsp3) is 0.350. The van der Waals surface area contributed by atoms with E-state index in [9.17, 15) is 9.18 Å². The maximum atomic E-state index is 13.3. The molecule has 5 nitrogen and oxygen atoms in total. The molecule has 0 saturated heterocycles. The molecule has 2 aromatic rings. The Bertz CT molecular complexity index is 835. The van der Waals surface area contributed by atoms with Crippen LogP contribution in [0.1, 0.15) is 42.6 Å². The van der Waals surface area contributed by atoms with Gasteiger partial charge >= 0.3 is 0 Å². The van der Waals surface area contributed by atoms with Gasteiger partial charge in [-0.2, -0.15) is 0 Å². The Kier molecular flexibility index (Phi) is 4.41. The third kappa shape index (κ3) is 3.19. The predicted octanol–water partition coefficient (Wildman–Crippen LogP) is 3.12. The zero-order chi connectivity index (χ0) is 18.1. The van der Waals surface area contributed by atoms with Crippen molar-refractivity contribution in [3.05, 3.63) is 59.4 Å². The number of aryl methyl sites for hydroxylation is 1. The van der Waals surface area contributed by atoms with Crippen LogP contribution in [0.3, 0.4) is 0 Å². The highest BCUT2D eigenvalue weighted by Gasteiger charge is 2.32. The van der Waals surface area contributed by atoms with Crippen LogP contribution >= 0.6 is 0 Å². The van der Waals surface area contributed by atoms with E-state index < -0.39 is 0 Å². The number of hydrogen-bond acceptors (Lipinski definition) is 5. The molecule has 1 saturated carbocycles. The molecule has 0 unspecified atom stereocenters. The molecule has 1 N–H and O–H groups in total. The van der Waals surface area contributed by atoms with Gasteiger partial charge in [-0.05, 0) is 49.6 Å². The molecule has 1 aromatic carbocycles. The molecule has 134 valence electrons. The first kappa shape index (κ1) is 16.7. The second-order valence-corrected chi connectivity index (χ2v) is 6.82. The maximum Gasteiger partial charge on any atom is 0.133 e. The van der Waals surface area contributed by atoms with Gasteiger partial charge in [0.25, 0.3) is 0 Å². The molecule has 1 aliphatic carbocycles. The standard InChI is InChI=1S/C20H21FN4O/c1-13-22-10-15(11-23-13)20-19(14-2-4-16(21)5-3-14)24-12-25(20)17-6-8-18(26)9-7-17/h2-5,10-11,17,24H,6-9,12H2,1H3. The van der Waals surface area contributed by atoms with Crippen molar-refractivity contribution in [2.24, 2.45) is 0 Å². The number of aromatic nitrogens is 2. The predicted molar refractivity (Wildman–Crippen MR) is 97.1 cm³/mol. The number of nitrogens with one attached hydrogen (secondary N) is 1. The molecule has 6 heteroatoms. The minimum absolute atomic E-state index is 0.254. The molecule has 0 atom stereocenters. The average Bonchev–Trinajstić information content (AvgIpc) is 3.08. The van der Waals surface area contributed by atoms with Crippen LogP contribution in [0.5, 0.6) is 0 Å². The van der Waals surface area contributed by atoms with E-state index in [1.54, 1.807) is 12.1 Å². The molecule has 1 fully saturated rings. The first-order chi connectivity index (χ1) is 12.6. The molecule has 1 aliphatic heterocycles. The van der Waals surface area contributed by atoms with E-state index in [1.165, 1.54) is 12.1 Å². The number of hydrogen-bond donors (Lipinski definition) is 1. The first-order valence-corrected chi connectivity index (χ1v) is 8.93. The van der Waals surface area contributed by atoms with Crippen LogP contribution < -0.4 is 5.32 Å². The zero-order valence-corrected chi connectivity index (χ0v) is 14.7. The normalized spacial score (nSPS) is 18.4. The van der Waals surface area contributed by atoms with Crippen molar-refractivity contribution in [2.45, 2.75) is 38.6 Å². The fourth-order valence-corrected chi connectivity index (χ4v) is 3.70. The lowest BCUT2D eigenvalue weighted by molar-refractivity contribution is -0.121. The largest absolute Gasteiger partial charge is 0.366 e. The van der Waals surface area contributed by atoms with Gasteiger partial charge in [-0.3, -0.25) is 4.79 Å². The Balaban J connectivity index is 1.76. The Morgan fingerprint density at radius 3 is 2.38 bits per heavy atom. The van der Waals surface area contributed by atoms with Gasteiger partial charge in [0.15, 0.2) is 0 Å². The van der Waals surface area contributed by atoms with E-state index in [2.05, 4.69) is 20.2 Å². The number of nitrogens with zero attached hydrogens (tertiary/aromatic N) is 3. The molecule has 0 radical (unpaired) electrons. The van der Waals surface area contributed by atoms with E-state index in [-0.39, 0.29) is 5.82 Å². The van der Waals surface area contributed by atoms with E-state index in [4.69, 9.17) is 0 Å². The molecular weight excluding hydrogens is 331 g/mol. The third-order valence-electron chi connectivity index (χ3n) is 5.09. The highest BCUT2D eigenvalue weighted by Crippen LogP contribution is 2.36. The van der Waals surface area contributed by atoms with Crippen LogP contribution in [0.25, 0.3) is 11.4 Å². The smallest absolute Gasteiger partial charge is 0.133 e. The second-order valence-electron chi connectivity index (χ2n) is 6.82. The summed E-state index contributed by atoms with van der Waals surface area (Å²) in [7, 11) is 0. The van der Waals surface area contributed by atoms with Crippen molar-refractivity contribution in [3.63, 3.8) is 0 Å². The van der Waals surface area contributed by atoms with Gasteiger partial charge in [0, 0.05) is 36.8 Å². The molecule has 0 bridgehead atoms. The molecule has 1 aromatic heterocycles. The van der Waals surface area contributed by atoms with Crippen molar-refractivity contribution >= 4 is 17.2 Å². The lowest BCUT2D eigenvalue weighted by Gasteiger charge is -2.33. The minimum Gasteiger partial charge on any atom is -0.366 e. The number of Topliss-reactive ketones (excluding diaryl/α,β-unsaturated/α-hetero) is 1. The van der Waals surface area contributed by atoms with E-state index >= 15 is 0 Å². The van der Waals surface area contributed by atoms with E-state index in [0.717, 1.165) is 41.2 Å². The summed E-state index contributed by atoms with van der Waals surface area (Å²) in [4.78, 5) is 22.6. The molecule has 2 heterocycles. The Morgan fingerprint density at radius 1 is 1.08 bits per heavy atom. The van der Waals surface area contributed by atoms with Crippen LogP contribution in [0.15, 0.2) is 36.7 Å². The Morgan fingerprint density at radius 2 is 1.73 bits per heavy atom. The zero-order valence-electron chi connectivity index (χ0n) is 14.7. The summed E-state index contributed by atoms with van der Waals surface area (Å²) >= 11 is 0. The van der Waals surface area contributed by atoms with Crippen LogP contribution in [0, 0.1) is 12.7 Å². The maximum absolute atomic E-state index is 13.3. The van der Waals surface area contributed by atoms with Crippen molar-refractivity contribution < 1.29 is 9.18 Å². The van der Waals surface area contributed by atoms with Gasteiger partial charge in [0.2, 0.25) is 0 Å². The summed E-state index contributed by atoms with van der Waals surface area (Å²) in [6.07, 6.45) is 6.63. The summed E-state index contributed by atoms with van der Waals surface area (Å²) in [5, 5.41) is 3.46. The van der Waals surface area contributed by atoms with Crippen LogP contribution in [0.2, 0.25) is 0 Å². The minimum atomic E-state index is -0.254. The summed E-state index contributed by atoms with van der Waals surface area (Å²) in [5.74, 6) is 0.810. The lowest BCUT2D eigenvalue weighted by Crippen LogP contribution is -2.37. The van der Waals surface area contributed by atoms with Crippen LogP contribution in [-0.2, 0) is 4.79 Å². The monoisotopic (exact) mass is 352 g/mol. The fourth-order valence-electron chi connectivity index (χ4n) is 3.70. The van der Waals surface area contributed by atoms with E-state index in [1.807, 2.05) is 19.3 Å². The van der Waals surface area contributed by atoms with Gasteiger partial charge < -0.3 is 10.2 Å². The summed E-state index contributed by atoms with van der Waals surface area (Å²) in [6, 6.07) is 6.79. The van der Waals surface area contributed by atoms with Crippen molar-refractivity contribution in [2.75, 3.05) is 6.67 Å². The Labute approximate surface area is 152 Å². The molecule has 4 rings (SSSR count). The van der Waals surface area contributed by atoms with Crippen molar-refractivity contribution in [3.8, 4) is 0 Å². The number of benzene rings is 1. The second kappa shape index (κ2) is 6.86. The highest BCUT2D eigenvalue weighted by molar-refractivity contribution is 5.90. The number of carbonyl (C=O) groups excluding carboxylic acids is 1. The van der Waals surface area contributed by atoms with Crippen molar-refractivity contribution in [1.29, 1.82) is 0 Å². The molecule has 26 heavy (non-hydrogen) atoms. The summed E-state index contributed by atoms with van der Waals surface area (Å²) in [6.45, 7) is 2.52. The third-order valence-corrected chi connectivity index (χ3v) is 5.09. The Hall–Kier alpha value is -2.76. The highest BCUT2D eigenvalue weighted by atomic mass is 19.1. The average molecular weight is 352 g/mol. The summed E-state index contributed by atoms with van der Waals surface area (Å²) in [5.41, 5.74) is 3.83. The first-order valence-electron chi connectivity index (χ1n) is 8.93. The topological polar surface area (TPSA) is 58.1 Å². The molecular formula is C20H21FN4O. The number of rotatable bonds is 3. The molecule has 0 spiro atoms. The quantitative estimate of drug-likeness (QED) is 0.920. The van der Waals surface area contributed by atoms with Gasteiger partial charge in [-0.25, -0.2) is 14.4 Å². The van der Waals surface area contributed by atoms with Gasteiger partial charge in [0.05, 0.1) is 18.1 Å². The lowest BCUT2D eigenvalue weighted by atomic mass is 9.92. The number of ketones is 1.